The topological polar surface area (TPSA) is 47.1 Å². The molecule has 0 amide bonds. The fraction of sp³-hybridized carbons (Fsp3) is 0.526. The number of aromatic nitrogens is 1. The number of piperazine rings is 1. The number of benzene rings is 1. The molecule has 2 heterocycles. The first-order valence-corrected chi connectivity index (χ1v) is 8.84. The molecule has 0 unspecified atom stereocenters. The van der Waals surface area contributed by atoms with Gasteiger partial charge >= 0.3 is 0 Å². The van der Waals surface area contributed by atoms with E-state index in [0.29, 0.717) is 17.2 Å². The normalized spacial score (nSPS) is 17.7. The molecule has 1 aromatic carbocycles. The van der Waals surface area contributed by atoms with Gasteiger partial charge in [-0.05, 0) is 25.0 Å². The fourth-order valence-corrected chi connectivity index (χ4v) is 3.67. The van der Waals surface area contributed by atoms with E-state index >= 15 is 0 Å². The van der Waals surface area contributed by atoms with Crippen molar-refractivity contribution >= 4 is 29.1 Å². The second kappa shape index (κ2) is 7.76. The minimum atomic E-state index is 0. The number of ether oxygens (including phenoxy) is 3. The van der Waals surface area contributed by atoms with Gasteiger partial charge in [-0.2, -0.15) is 0 Å². The van der Waals surface area contributed by atoms with Crippen molar-refractivity contribution in [3.63, 3.8) is 0 Å². The zero-order valence-electron chi connectivity index (χ0n) is 15.5. The van der Waals surface area contributed by atoms with Crippen LogP contribution in [0.2, 0.25) is 0 Å². The van der Waals surface area contributed by atoms with Crippen LogP contribution in [0.3, 0.4) is 0 Å². The Morgan fingerprint density at radius 1 is 0.923 bits per heavy atom. The summed E-state index contributed by atoms with van der Waals surface area (Å²) in [5.41, 5.74) is 0.858. The number of halogens is 1. The van der Waals surface area contributed by atoms with Crippen molar-refractivity contribution in [1.82, 2.24) is 9.88 Å². The zero-order valence-corrected chi connectivity index (χ0v) is 16.3. The quantitative estimate of drug-likeness (QED) is 0.796. The maximum atomic E-state index is 5.56. The molecule has 1 aromatic heterocycles. The molecular weight excluding hydrogens is 354 g/mol. The molecule has 2 aliphatic rings. The van der Waals surface area contributed by atoms with Crippen molar-refractivity contribution < 1.29 is 14.2 Å². The Hall–Kier alpha value is -1.92. The zero-order chi connectivity index (χ0) is 17.4. The molecule has 1 aliphatic carbocycles. The van der Waals surface area contributed by atoms with Crippen LogP contribution in [0.4, 0.5) is 5.82 Å². The molecule has 1 aliphatic heterocycles. The predicted octanol–water partition coefficient (Wildman–Crippen LogP) is 2.97. The summed E-state index contributed by atoms with van der Waals surface area (Å²) in [6.07, 6.45) is 2.74. The second-order valence-corrected chi connectivity index (χ2v) is 6.64. The molecule has 1 saturated carbocycles. The van der Waals surface area contributed by atoms with Crippen LogP contribution in [0.25, 0.3) is 10.9 Å². The van der Waals surface area contributed by atoms with Gasteiger partial charge in [0.1, 0.15) is 5.82 Å². The maximum Gasteiger partial charge on any atom is 0.204 e. The fourth-order valence-electron chi connectivity index (χ4n) is 3.67. The Balaban J connectivity index is 0.00000196. The SMILES string of the molecule is COc1cc2nc(N3CCN(C4CC4)CC3)ccc2c(OC)c1OC.Cl. The van der Waals surface area contributed by atoms with Crippen molar-refractivity contribution in [3.8, 4) is 17.2 Å². The van der Waals surface area contributed by atoms with Crippen LogP contribution in [0.5, 0.6) is 17.2 Å². The van der Waals surface area contributed by atoms with Crippen LogP contribution in [0, 0.1) is 0 Å². The summed E-state index contributed by atoms with van der Waals surface area (Å²) in [4.78, 5) is 9.84. The third kappa shape index (κ3) is 3.35. The number of rotatable bonds is 5. The number of anilines is 1. The lowest BCUT2D eigenvalue weighted by Crippen LogP contribution is -2.47. The van der Waals surface area contributed by atoms with E-state index in [1.165, 1.54) is 12.8 Å². The molecular formula is C19H26ClN3O3. The molecule has 0 N–H and O–H groups in total. The standard InChI is InChI=1S/C19H25N3O3.ClH/c1-23-16-12-15-14(18(24-2)19(16)25-3)6-7-17(20-15)22-10-8-21(9-11-22)13-4-5-13;/h6-7,12-13H,4-5,8-11H2,1-3H3;1H. The first kappa shape index (κ1) is 18.9. The first-order chi connectivity index (χ1) is 12.2. The summed E-state index contributed by atoms with van der Waals surface area (Å²) in [6.45, 7) is 4.30. The van der Waals surface area contributed by atoms with Gasteiger partial charge in [-0.15, -0.1) is 12.4 Å². The number of hydrogen-bond donors (Lipinski definition) is 0. The van der Waals surface area contributed by atoms with Gasteiger partial charge in [-0.3, -0.25) is 4.90 Å². The van der Waals surface area contributed by atoms with E-state index in [2.05, 4.69) is 21.9 Å². The molecule has 1 saturated heterocycles. The first-order valence-electron chi connectivity index (χ1n) is 8.84. The van der Waals surface area contributed by atoms with Gasteiger partial charge in [-0.1, -0.05) is 0 Å². The number of pyridine rings is 1. The van der Waals surface area contributed by atoms with Crippen LogP contribution in [0.1, 0.15) is 12.8 Å². The van der Waals surface area contributed by atoms with Gasteiger partial charge in [0, 0.05) is 43.7 Å². The molecule has 0 bridgehead atoms. The Labute approximate surface area is 160 Å². The molecule has 142 valence electrons. The highest BCUT2D eigenvalue weighted by Crippen LogP contribution is 2.43. The van der Waals surface area contributed by atoms with Gasteiger partial charge in [0.25, 0.3) is 0 Å². The van der Waals surface area contributed by atoms with Crippen molar-refractivity contribution in [3.05, 3.63) is 18.2 Å². The van der Waals surface area contributed by atoms with E-state index < -0.39 is 0 Å². The molecule has 0 atom stereocenters. The molecule has 0 radical (unpaired) electrons. The van der Waals surface area contributed by atoms with Gasteiger partial charge in [-0.25, -0.2) is 4.98 Å². The average Bonchev–Trinajstić information content (AvgIpc) is 3.51. The number of fused-ring (bicyclic) bond motifs is 1. The summed E-state index contributed by atoms with van der Waals surface area (Å²) < 4.78 is 16.5. The molecule has 6 nitrogen and oxygen atoms in total. The summed E-state index contributed by atoms with van der Waals surface area (Å²) in [5, 5.41) is 0.931. The summed E-state index contributed by atoms with van der Waals surface area (Å²) in [7, 11) is 4.89. The minimum Gasteiger partial charge on any atom is -0.493 e. The van der Waals surface area contributed by atoms with Crippen molar-refractivity contribution in [2.45, 2.75) is 18.9 Å². The predicted molar refractivity (Wildman–Crippen MR) is 105 cm³/mol. The maximum absolute atomic E-state index is 5.56. The highest BCUT2D eigenvalue weighted by Gasteiger charge is 2.31. The monoisotopic (exact) mass is 379 g/mol. The minimum absolute atomic E-state index is 0. The lowest BCUT2D eigenvalue weighted by atomic mass is 10.1. The van der Waals surface area contributed by atoms with E-state index in [1.807, 2.05) is 6.07 Å². The van der Waals surface area contributed by atoms with E-state index in [-0.39, 0.29) is 12.4 Å². The third-order valence-corrected chi connectivity index (χ3v) is 5.18. The summed E-state index contributed by atoms with van der Waals surface area (Å²) >= 11 is 0. The van der Waals surface area contributed by atoms with E-state index in [0.717, 1.165) is 48.9 Å². The highest BCUT2D eigenvalue weighted by atomic mass is 35.5. The van der Waals surface area contributed by atoms with E-state index in [9.17, 15) is 0 Å². The van der Waals surface area contributed by atoms with Gasteiger partial charge in [0.2, 0.25) is 5.75 Å². The van der Waals surface area contributed by atoms with Crippen LogP contribution in [-0.4, -0.2) is 63.4 Å². The highest BCUT2D eigenvalue weighted by molar-refractivity contribution is 5.91. The number of methoxy groups -OCH3 is 3. The van der Waals surface area contributed by atoms with E-state index in [1.54, 1.807) is 21.3 Å². The molecule has 26 heavy (non-hydrogen) atoms. The average molecular weight is 380 g/mol. The lowest BCUT2D eigenvalue weighted by molar-refractivity contribution is 0.247. The molecule has 2 aromatic rings. The summed E-state index contributed by atoms with van der Waals surface area (Å²) in [6, 6.07) is 6.89. The van der Waals surface area contributed by atoms with Gasteiger partial charge in [0.05, 0.1) is 26.8 Å². The Bertz CT molecular complexity index is 774. The van der Waals surface area contributed by atoms with Gasteiger partial charge in [0.15, 0.2) is 11.5 Å². The van der Waals surface area contributed by atoms with E-state index in [4.69, 9.17) is 19.2 Å². The molecule has 4 rings (SSSR count). The second-order valence-electron chi connectivity index (χ2n) is 6.64. The number of nitrogens with zero attached hydrogens (tertiary/aromatic N) is 3. The Morgan fingerprint density at radius 2 is 1.62 bits per heavy atom. The van der Waals surface area contributed by atoms with Crippen LogP contribution in [-0.2, 0) is 0 Å². The lowest BCUT2D eigenvalue weighted by Gasteiger charge is -2.35. The largest absolute Gasteiger partial charge is 0.493 e. The smallest absolute Gasteiger partial charge is 0.204 e. The van der Waals surface area contributed by atoms with Crippen LogP contribution >= 0.6 is 12.4 Å². The van der Waals surface area contributed by atoms with Crippen molar-refractivity contribution in [2.24, 2.45) is 0 Å². The third-order valence-electron chi connectivity index (χ3n) is 5.18. The Kier molecular flexibility index (Phi) is 5.63. The Morgan fingerprint density at radius 3 is 2.19 bits per heavy atom. The molecule has 0 spiro atoms. The molecule has 7 heteroatoms. The van der Waals surface area contributed by atoms with Gasteiger partial charge < -0.3 is 19.1 Å². The molecule has 2 fully saturated rings. The van der Waals surface area contributed by atoms with Crippen molar-refractivity contribution in [2.75, 3.05) is 52.4 Å². The van der Waals surface area contributed by atoms with Crippen molar-refractivity contribution in [1.29, 1.82) is 0 Å². The van der Waals surface area contributed by atoms with Crippen LogP contribution in [0.15, 0.2) is 18.2 Å². The van der Waals surface area contributed by atoms with Crippen LogP contribution < -0.4 is 19.1 Å². The summed E-state index contributed by atoms with van der Waals surface area (Å²) in [5.74, 6) is 2.91. The number of hydrogen-bond acceptors (Lipinski definition) is 6.